The molecule has 2 aliphatic heterocycles. The van der Waals surface area contributed by atoms with Gasteiger partial charge >= 0.3 is 0 Å². The molecule has 1 amide bonds. The van der Waals surface area contributed by atoms with E-state index in [0.717, 1.165) is 43.9 Å². The van der Waals surface area contributed by atoms with Crippen molar-refractivity contribution < 1.29 is 9.53 Å². The number of hydrogen-bond acceptors (Lipinski definition) is 5. The van der Waals surface area contributed by atoms with E-state index >= 15 is 0 Å². The molecule has 2 fully saturated rings. The lowest BCUT2D eigenvalue weighted by atomic mass is 9.78. The van der Waals surface area contributed by atoms with Crippen LogP contribution < -0.4 is 4.90 Å². The Bertz CT molecular complexity index is 669. The lowest BCUT2D eigenvalue weighted by Crippen LogP contribution is -2.51. The maximum atomic E-state index is 13.0. The van der Waals surface area contributed by atoms with E-state index in [9.17, 15) is 10.1 Å². The monoisotopic (exact) mass is 328 g/mol. The molecule has 0 aromatic carbocycles. The normalized spacial score (nSPS) is 23.8. The Kier molecular flexibility index (Phi) is 4.72. The van der Waals surface area contributed by atoms with Gasteiger partial charge in [0.2, 0.25) is 5.91 Å². The zero-order valence-corrected chi connectivity index (χ0v) is 14.4. The molecule has 6 nitrogen and oxygen atoms in total. The molecule has 1 spiro atoms. The molecule has 3 rings (SSSR count). The molecular weight excluding hydrogens is 304 g/mol. The number of carbonyl (C=O) groups excluding carboxylic acids is 1. The van der Waals surface area contributed by atoms with Crippen LogP contribution in [-0.2, 0) is 9.53 Å². The van der Waals surface area contributed by atoms with Gasteiger partial charge in [0.1, 0.15) is 11.9 Å². The number of aryl methyl sites for hydroxylation is 1. The van der Waals surface area contributed by atoms with Gasteiger partial charge in [0, 0.05) is 39.0 Å². The quantitative estimate of drug-likeness (QED) is 0.842. The number of nitrogens with zero attached hydrogens (tertiary/aromatic N) is 4. The average Bonchev–Trinajstić information content (AvgIpc) is 3.01. The number of aromatic nitrogens is 1. The van der Waals surface area contributed by atoms with Crippen molar-refractivity contribution in [2.45, 2.75) is 26.2 Å². The van der Waals surface area contributed by atoms with Gasteiger partial charge in [-0.3, -0.25) is 4.79 Å². The minimum absolute atomic E-state index is 0.236. The van der Waals surface area contributed by atoms with Gasteiger partial charge in [-0.1, -0.05) is 0 Å². The Morgan fingerprint density at radius 2 is 2.21 bits per heavy atom. The van der Waals surface area contributed by atoms with Crippen LogP contribution in [0.5, 0.6) is 0 Å². The van der Waals surface area contributed by atoms with Crippen LogP contribution in [0.4, 0.5) is 5.82 Å². The molecule has 6 heteroatoms. The Morgan fingerprint density at radius 1 is 1.38 bits per heavy atom. The number of anilines is 1. The first-order valence-corrected chi connectivity index (χ1v) is 8.51. The van der Waals surface area contributed by atoms with Crippen molar-refractivity contribution in [2.24, 2.45) is 5.41 Å². The van der Waals surface area contributed by atoms with E-state index in [-0.39, 0.29) is 11.3 Å². The highest BCUT2D eigenvalue weighted by Crippen LogP contribution is 2.41. The highest BCUT2D eigenvalue weighted by Gasteiger charge is 2.48. The summed E-state index contributed by atoms with van der Waals surface area (Å²) in [6.45, 7) is 5.40. The second kappa shape index (κ2) is 6.78. The SMILES string of the molecule is COCCN1CCCC2(CCN(c3nc(C)ccc3C#N)C2)C1=O. The minimum Gasteiger partial charge on any atom is -0.383 e. The highest BCUT2D eigenvalue weighted by atomic mass is 16.5. The third-order valence-corrected chi connectivity index (χ3v) is 5.18. The third kappa shape index (κ3) is 2.96. The summed E-state index contributed by atoms with van der Waals surface area (Å²) in [5, 5.41) is 9.36. The van der Waals surface area contributed by atoms with Gasteiger partial charge in [0.05, 0.1) is 17.6 Å². The first-order valence-electron chi connectivity index (χ1n) is 8.51. The molecule has 1 atom stereocenters. The summed E-state index contributed by atoms with van der Waals surface area (Å²) >= 11 is 0. The molecule has 3 heterocycles. The smallest absolute Gasteiger partial charge is 0.230 e. The van der Waals surface area contributed by atoms with Crippen LogP contribution in [0.25, 0.3) is 0 Å². The maximum absolute atomic E-state index is 13.0. The van der Waals surface area contributed by atoms with Crippen molar-refractivity contribution in [1.82, 2.24) is 9.88 Å². The molecule has 0 saturated carbocycles. The minimum atomic E-state index is -0.329. The van der Waals surface area contributed by atoms with Gasteiger partial charge in [0.25, 0.3) is 0 Å². The van der Waals surface area contributed by atoms with Gasteiger partial charge in [-0.05, 0) is 38.3 Å². The van der Waals surface area contributed by atoms with Crippen LogP contribution in [0.15, 0.2) is 12.1 Å². The molecule has 128 valence electrons. The predicted octanol–water partition coefficient (Wildman–Crippen LogP) is 1.73. The Morgan fingerprint density at radius 3 is 2.96 bits per heavy atom. The van der Waals surface area contributed by atoms with Gasteiger partial charge in [0.15, 0.2) is 0 Å². The average molecular weight is 328 g/mol. The van der Waals surface area contributed by atoms with Crippen LogP contribution >= 0.6 is 0 Å². The molecular formula is C18H24N4O2. The van der Waals surface area contributed by atoms with E-state index in [1.54, 1.807) is 7.11 Å². The van der Waals surface area contributed by atoms with Crippen LogP contribution in [0, 0.1) is 23.7 Å². The topological polar surface area (TPSA) is 69.5 Å². The number of nitriles is 1. The van der Waals surface area contributed by atoms with E-state index in [4.69, 9.17) is 4.74 Å². The molecule has 1 unspecified atom stereocenters. The maximum Gasteiger partial charge on any atom is 0.230 e. The standard InChI is InChI=1S/C18H24N4O2/c1-14-4-5-15(12-19)16(20-14)22-9-7-18(13-22)6-3-8-21(17(18)23)10-11-24-2/h4-5H,3,6-11,13H2,1-2H3. The largest absolute Gasteiger partial charge is 0.383 e. The van der Waals surface area contributed by atoms with Crippen LogP contribution in [0.2, 0.25) is 0 Å². The molecule has 1 aromatic heterocycles. The highest BCUT2D eigenvalue weighted by molar-refractivity contribution is 5.85. The number of hydrogen-bond donors (Lipinski definition) is 0. The summed E-state index contributed by atoms with van der Waals surface area (Å²) in [6, 6.07) is 5.89. The molecule has 2 aliphatic rings. The van der Waals surface area contributed by atoms with Crippen molar-refractivity contribution in [2.75, 3.05) is 44.8 Å². The zero-order chi connectivity index (χ0) is 17.2. The molecule has 1 aromatic rings. The molecule has 2 saturated heterocycles. The molecule has 0 radical (unpaired) electrons. The third-order valence-electron chi connectivity index (χ3n) is 5.18. The van der Waals surface area contributed by atoms with Crippen molar-refractivity contribution in [3.8, 4) is 6.07 Å². The van der Waals surface area contributed by atoms with Crippen molar-refractivity contribution in [3.63, 3.8) is 0 Å². The van der Waals surface area contributed by atoms with Gasteiger partial charge in [-0.15, -0.1) is 0 Å². The number of carbonyl (C=O) groups is 1. The number of amides is 1. The zero-order valence-electron chi connectivity index (χ0n) is 14.4. The van der Waals surface area contributed by atoms with E-state index in [1.807, 2.05) is 24.0 Å². The molecule has 0 bridgehead atoms. The van der Waals surface area contributed by atoms with Gasteiger partial charge < -0.3 is 14.5 Å². The van der Waals surface area contributed by atoms with E-state index < -0.39 is 0 Å². The van der Waals surface area contributed by atoms with Crippen LogP contribution in [0.1, 0.15) is 30.5 Å². The number of ether oxygens (including phenoxy) is 1. The van der Waals surface area contributed by atoms with Crippen molar-refractivity contribution in [1.29, 1.82) is 5.26 Å². The summed E-state index contributed by atoms with van der Waals surface area (Å²) in [5.41, 5.74) is 1.14. The van der Waals surface area contributed by atoms with Crippen LogP contribution in [-0.4, -0.2) is 55.7 Å². The Hall–Kier alpha value is -2.13. The summed E-state index contributed by atoms with van der Waals surface area (Å²) in [7, 11) is 1.66. The van der Waals surface area contributed by atoms with Crippen molar-refractivity contribution >= 4 is 11.7 Å². The number of methoxy groups -OCH3 is 1. The molecule has 0 N–H and O–H groups in total. The number of rotatable bonds is 4. The lowest BCUT2D eigenvalue weighted by molar-refractivity contribution is -0.145. The number of likely N-dealkylation sites (tertiary alicyclic amines) is 1. The first kappa shape index (κ1) is 16.7. The van der Waals surface area contributed by atoms with Gasteiger partial charge in [-0.2, -0.15) is 5.26 Å². The fourth-order valence-electron chi connectivity index (χ4n) is 3.87. The summed E-state index contributed by atoms with van der Waals surface area (Å²) in [5.74, 6) is 0.954. The first-order chi connectivity index (χ1) is 11.6. The Balaban J connectivity index is 1.80. The summed E-state index contributed by atoms with van der Waals surface area (Å²) in [6.07, 6.45) is 2.77. The second-order valence-corrected chi connectivity index (χ2v) is 6.78. The molecule has 24 heavy (non-hydrogen) atoms. The fourth-order valence-corrected chi connectivity index (χ4v) is 3.87. The van der Waals surface area contributed by atoms with E-state index in [2.05, 4.69) is 16.0 Å². The molecule has 0 aliphatic carbocycles. The van der Waals surface area contributed by atoms with E-state index in [1.165, 1.54) is 0 Å². The predicted molar refractivity (Wildman–Crippen MR) is 90.6 cm³/mol. The van der Waals surface area contributed by atoms with Crippen molar-refractivity contribution in [3.05, 3.63) is 23.4 Å². The van der Waals surface area contributed by atoms with Gasteiger partial charge in [-0.25, -0.2) is 4.98 Å². The van der Waals surface area contributed by atoms with E-state index in [0.29, 0.717) is 25.3 Å². The lowest BCUT2D eigenvalue weighted by Gasteiger charge is -2.39. The van der Waals surface area contributed by atoms with Crippen LogP contribution in [0.3, 0.4) is 0 Å². The fraction of sp³-hybridized carbons (Fsp3) is 0.611. The summed E-state index contributed by atoms with van der Waals surface area (Å²) in [4.78, 5) is 21.6. The second-order valence-electron chi connectivity index (χ2n) is 6.78. The Labute approximate surface area is 143 Å². The summed E-state index contributed by atoms with van der Waals surface area (Å²) < 4.78 is 5.13. The number of piperidine rings is 1. The number of pyridine rings is 1.